The summed E-state index contributed by atoms with van der Waals surface area (Å²) in [5, 5.41) is 5.71. The summed E-state index contributed by atoms with van der Waals surface area (Å²) >= 11 is 0. The zero-order valence-corrected chi connectivity index (χ0v) is 10.8. The maximum absolute atomic E-state index is 12.0. The van der Waals surface area contributed by atoms with Crippen LogP contribution in [0.2, 0.25) is 0 Å². The van der Waals surface area contributed by atoms with Crippen LogP contribution in [0.25, 0.3) is 0 Å². The lowest BCUT2D eigenvalue weighted by molar-refractivity contribution is -0.143. The van der Waals surface area contributed by atoms with E-state index in [0.717, 1.165) is 0 Å². The zero-order valence-electron chi connectivity index (χ0n) is 10.8. The first kappa shape index (κ1) is 12.7. The number of rotatable bonds is 1. The molecule has 0 radical (unpaired) electrons. The van der Waals surface area contributed by atoms with Crippen molar-refractivity contribution >= 4 is 17.5 Å². The molecule has 2 N–H and O–H groups in total. The molecule has 0 spiro atoms. The van der Waals surface area contributed by atoms with Gasteiger partial charge in [0, 0.05) is 37.9 Å². The first-order valence-electron chi connectivity index (χ1n) is 6.45. The number of piperazine rings is 1. The van der Waals surface area contributed by atoms with Gasteiger partial charge >= 0.3 is 11.8 Å². The minimum atomic E-state index is -0.634. The van der Waals surface area contributed by atoms with E-state index in [1.165, 1.54) is 0 Å². The highest BCUT2D eigenvalue weighted by atomic mass is 16.7. The van der Waals surface area contributed by atoms with Crippen LogP contribution in [0.1, 0.15) is 0 Å². The third-order valence-electron chi connectivity index (χ3n) is 3.23. The van der Waals surface area contributed by atoms with E-state index in [0.29, 0.717) is 43.4 Å². The van der Waals surface area contributed by atoms with Crippen LogP contribution in [-0.2, 0) is 9.59 Å². The van der Waals surface area contributed by atoms with Gasteiger partial charge in [-0.25, -0.2) is 0 Å². The Kier molecular flexibility index (Phi) is 3.42. The second-order valence-electron chi connectivity index (χ2n) is 4.56. The van der Waals surface area contributed by atoms with Gasteiger partial charge in [0.15, 0.2) is 11.5 Å². The molecular formula is C13H15N3O4. The number of carbonyl (C=O) groups is 2. The number of ether oxygens (including phenoxy) is 2. The highest BCUT2D eigenvalue weighted by Crippen LogP contribution is 2.34. The monoisotopic (exact) mass is 277 g/mol. The lowest BCUT2D eigenvalue weighted by Crippen LogP contribution is -2.49. The van der Waals surface area contributed by atoms with Gasteiger partial charge in [0.05, 0.1) is 0 Å². The average molecular weight is 277 g/mol. The highest BCUT2D eigenvalue weighted by molar-refractivity contribution is 6.39. The van der Waals surface area contributed by atoms with Gasteiger partial charge in [0.2, 0.25) is 6.79 Å². The Balaban J connectivity index is 1.64. The Morgan fingerprint density at radius 1 is 1.15 bits per heavy atom. The summed E-state index contributed by atoms with van der Waals surface area (Å²) in [4.78, 5) is 25.4. The Morgan fingerprint density at radius 3 is 2.70 bits per heavy atom. The van der Waals surface area contributed by atoms with Gasteiger partial charge in [0.1, 0.15) is 0 Å². The summed E-state index contributed by atoms with van der Waals surface area (Å²) in [5.74, 6) is 0.0591. The van der Waals surface area contributed by atoms with E-state index >= 15 is 0 Å². The van der Waals surface area contributed by atoms with Crippen molar-refractivity contribution in [3.8, 4) is 11.5 Å². The predicted octanol–water partition coefficient (Wildman–Crippen LogP) is -0.214. The lowest BCUT2D eigenvalue weighted by atomic mass is 10.2. The van der Waals surface area contributed by atoms with Crippen molar-refractivity contribution in [2.75, 3.05) is 38.3 Å². The van der Waals surface area contributed by atoms with E-state index in [9.17, 15) is 9.59 Å². The van der Waals surface area contributed by atoms with Crippen LogP contribution >= 0.6 is 0 Å². The summed E-state index contributed by atoms with van der Waals surface area (Å²) < 4.78 is 10.4. The van der Waals surface area contributed by atoms with Crippen LogP contribution in [0.5, 0.6) is 11.5 Å². The summed E-state index contributed by atoms with van der Waals surface area (Å²) in [6.07, 6.45) is 0. The van der Waals surface area contributed by atoms with E-state index in [2.05, 4.69) is 10.6 Å². The molecule has 0 aromatic heterocycles. The molecule has 20 heavy (non-hydrogen) atoms. The average Bonchev–Trinajstić information content (AvgIpc) is 2.95. The number of benzene rings is 1. The smallest absolute Gasteiger partial charge is 0.313 e. The molecular weight excluding hydrogens is 262 g/mol. The third kappa shape index (κ3) is 2.53. The van der Waals surface area contributed by atoms with Crippen LogP contribution in [0.3, 0.4) is 0 Å². The number of hydrogen-bond acceptors (Lipinski definition) is 5. The van der Waals surface area contributed by atoms with Gasteiger partial charge in [0.25, 0.3) is 0 Å². The molecule has 0 unspecified atom stereocenters. The minimum Gasteiger partial charge on any atom is -0.454 e. The number of fused-ring (bicyclic) bond motifs is 1. The fraction of sp³-hybridized carbons (Fsp3) is 0.385. The molecule has 7 heteroatoms. The number of anilines is 1. The van der Waals surface area contributed by atoms with E-state index in [-0.39, 0.29) is 6.79 Å². The third-order valence-corrected chi connectivity index (χ3v) is 3.23. The van der Waals surface area contributed by atoms with Gasteiger partial charge in [-0.2, -0.15) is 0 Å². The number of carbonyl (C=O) groups excluding carboxylic acids is 2. The summed E-state index contributed by atoms with van der Waals surface area (Å²) in [6.45, 7) is 2.69. The molecule has 0 atom stereocenters. The molecule has 1 saturated heterocycles. The molecule has 2 heterocycles. The SMILES string of the molecule is O=C(Nc1ccc2c(c1)OCO2)C(=O)N1CCNCC1. The number of hydrogen-bond donors (Lipinski definition) is 2. The Labute approximate surface area is 115 Å². The van der Waals surface area contributed by atoms with E-state index in [1.54, 1.807) is 23.1 Å². The number of nitrogens with one attached hydrogen (secondary N) is 2. The number of amides is 2. The molecule has 7 nitrogen and oxygen atoms in total. The van der Waals surface area contributed by atoms with Gasteiger partial charge < -0.3 is 25.0 Å². The van der Waals surface area contributed by atoms with E-state index in [1.807, 2.05) is 0 Å². The van der Waals surface area contributed by atoms with Crippen LogP contribution in [0.15, 0.2) is 18.2 Å². The molecule has 2 aliphatic rings. The van der Waals surface area contributed by atoms with Crippen molar-refractivity contribution in [2.24, 2.45) is 0 Å². The molecule has 2 amide bonds. The first-order chi connectivity index (χ1) is 9.74. The minimum absolute atomic E-state index is 0.173. The molecule has 106 valence electrons. The number of nitrogens with zero attached hydrogens (tertiary/aromatic N) is 1. The molecule has 0 aliphatic carbocycles. The summed E-state index contributed by atoms with van der Waals surface area (Å²) in [6, 6.07) is 5.02. The van der Waals surface area contributed by atoms with Gasteiger partial charge in [-0.1, -0.05) is 0 Å². The maximum Gasteiger partial charge on any atom is 0.313 e. The Hall–Kier alpha value is -2.28. The quantitative estimate of drug-likeness (QED) is 0.694. The van der Waals surface area contributed by atoms with Crippen molar-refractivity contribution in [1.29, 1.82) is 0 Å². The Morgan fingerprint density at radius 2 is 1.90 bits per heavy atom. The highest BCUT2D eigenvalue weighted by Gasteiger charge is 2.23. The van der Waals surface area contributed by atoms with Crippen LogP contribution in [-0.4, -0.2) is 49.7 Å². The lowest BCUT2D eigenvalue weighted by Gasteiger charge is -2.26. The first-order valence-corrected chi connectivity index (χ1v) is 6.45. The molecule has 3 rings (SSSR count). The maximum atomic E-state index is 12.0. The molecule has 1 aromatic carbocycles. The van der Waals surface area contributed by atoms with Crippen molar-refractivity contribution in [2.45, 2.75) is 0 Å². The van der Waals surface area contributed by atoms with Crippen molar-refractivity contribution < 1.29 is 19.1 Å². The molecule has 1 fully saturated rings. The second kappa shape index (κ2) is 5.38. The largest absolute Gasteiger partial charge is 0.454 e. The zero-order chi connectivity index (χ0) is 13.9. The van der Waals surface area contributed by atoms with Crippen LogP contribution in [0, 0.1) is 0 Å². The van der Waals surface area contributed by atoms with E-state index < -0.39 is 11.8 Å². The van der Waals surface area contributed by atoms with Crippen LogP contribution in [0.4, 0.5) is 5.69 Å². The second-order valence-corrected chi connectivity index (χ2v) is 4.56. The van der Waals surface area contributed by atoms with Gasteiger partial charge in [-0.15, -0.1) is 0 Å². The summed E-state index contributed by atoms with van der Waals surface area (Å²) in [7, 11) is 0. The predicted molar refractivity (Wildman–Crippen MR) is 70.6 cm³/mol. The van der Waals surface area contributed by atoms with Gasteiger partial charge in [-0.05, 0) is 12.1 Å². The van der Waals surface area contributed by atoms with E-state index in [4.69, 9.17) is 9.47 Å². The normalized spacial score (nSPS) is 16.9. The molecule has 0 bridgehead atoms. The van der Waals surface area contributed by atoms with Crippen molar-refractivity contribution in [3.63, 3.8) is 0 Å². The fourth-order valence-corrected chi connectivity index (χ4v) is 2.17. The fourth-order valence-electron chi connectivity index (χ4n) is 2.17. The van der Waals surface area contributed by atoms with Crippen LogP contribution < -0.4 is 20.1 Å². The Bertz CT molecular complexity index is 540. The van der Waals surface area contributed by atoms with Crippen molar-refractivity contribution in [3.05, 3.63) is 18.2 Å². The van der Waals surface area contributed by atoms with Crippen molar-refractivity contribution in [1.82, 2.24) is 10.2 Å². The standard InChI is InChI=1S/C13H15N3O4/c17-12(13(18)16-5-3-14-4-6-16)15-9-1-2-10-11(7-9)20-8-19-10/h1-2,7,14H,3-6,8H2,(H,15,17). The molecule has 2 aliphatic heterocycles. The van der Waals surface area contributed by atoms with Gasteiger partial charge in [-0.3, -0.25) is 9.59 Å². The topological polar surface area (TPSA) is 79.9 Å². The summed E-state index contributed by atoms with van der Waals surface area (Å²) in [5.41, 5.74) is 0.516. The molecule has 1 aromatic rings. The molecule has 0 saturated carbocycles.